The summed E-state index contributed by atoms with van der Waals surface area (Å²) in [4.78, 5) is 26.1. The van der Waals surface area contributed by atoms with Gasteiger partial charge in [-0.3, -0.25) is 20.4 Å². The lowest BCUT2D eigenvalue weighted by atomic mass is 10.1. The highest BCUT2D eigenvalue weighted by Gasteiger charge is 2.13. The van der Waals surface area contributed by atoms with Crippen LogP contribution < -0.4 is 15.8 Å². The fourth-order valence-corrected chi connectivity index (χ4v) is 2.39. The lowest BCUT2D eigenvalue weighted by molar-refractivity contribution is -0.121. The average molecular weight is 338 g/mol. The average Bonchev–Trinajstić information content (AvgIpc) is 3.03. The van der Waals surface area contributed by atoms with Gasteiger partial charge in [-0.05, 0) is 30.3 Å². The van der Waals surface area contributed by atoms with E-state index < -0.39 is 0 Å². The van der Waals surface area contributed by atoms with Crippen LogP contribution in [0.25, 0.3) is 11.0 Å². The van der Waals surface area contributed by atoms with Gasteiger partial charge in [-0.25, -0.2) is 0 Å². The number of hydrogen-bond acceptors (Lipinski definition) is 5. The van der Waals surface area contributed by atoms with Crippen molar-refractivity contribution in [2.45, 2.75) is 6.42 Å². The zero-order valence-corrected chi connectivity index (χ0v) is 13.9. The van der Waals surface area contributed by atoms with Crippen molar-refractivity contribution >= 4 is 28.5 Å². The number of hydrazine groups is 1. The molecule has 0 radical (unpaired) electrons. The molecule has 128 valence electrons. The number of benzene rings is 2. The molecule has 0 aliphatic carbocycles. The first-order valence-corrected chi connectivity index (χ1v) is 7.74. The summed E-state index contributed by atoms with van der Waals surface area (Å²) in [6.45, 7) is 0. The van der Waals surface area contributed by atoms with Gasteiger partial charge in [-0.2, -0.15) is 0 Å². The second-order valence-corrected chi connectivity index (χ2v) is 5.75. The molecule has 0 saturated heterocycles. The molecule has 0 spiro atoms. The van der Waals surface area contributed by atoms with Crippen LogP contribution >= 0.6 is 0 Å². The summed E-state index contributed by atoms with van der Waals surface area (Å²) in [5.41, 5.74) is 7.31. The molecule has 7 heteroatoms. The molecule has 1 aromatic heterocycles. The highest BCUT2D eigenvalue weighted by atomic mass is 16.5. The molecular formula is C18H18N4O3. The van der Waals surface area contributed by atoms with E-state index >= 15 is 0 Å². The van der Waals surface area contributed by atoms with E-state index in [-0.39, 0.29) is 18.2 Å². The van der Waals surface area contributed by atoms with E-state index in [1.807, 2.05) is 43.3 Å². The Bertz CT molecular complexity index is 917. The Morgan fingerprint density at radius 1 is 1.08 bits per heavy atom. The van der Waals surface area contributed by atoms with Crippen molar-refractivity contribution in [3.8, 4) is 0 Å². The molecular weight excluding hydrogens is 320 g/mol. The number of nitrogens with one attached hydrogen (secondary N) is 2. The predicted octanol–water partition coefficient (Wildman–Crippen LogP) is 1.90. The highest BCUT2D eigenvalue weighted by Crippen LogP contribution is 2.18. The number of amides is 2. The van der Waals surface area contributed by atoms with Crippen LogP contribution in [0.3, 0.4) is 0 Å². The Morgan fingerprint density at radius 3 is 2.68 bits per heavy atom. The van der Waals surface area contributed by atoms with Crippen LogP contribution in [0.4, 0.5) is 5.69 Å². The maximum absolute atomic E-state index is 12.2. The van der Waals surface area contributed by atoms with Gasteiger partial charge >= 0.3 is 0 Å². The molecule has 1 heterocycles. The van der Waals surface area contributed by atoms with Crippen LogP contribution in [-0.4, -0.2) is 31.1 Å². The number of anilines is 1. The van der Waals surface area contributed by atoms with E-state index in [4.69, 9.17) is 4.52 Å². The fourth-order valence-electron chi connectivity index (χ4n) is 2.39. The van der Waals surface area contributed by atoms with E-state index in [9.17, 15) is 9.59 Å². The minimum atomic E-state index is -0.387. The van der Waals surface area contributed by atoms with Gasteiger partial charge in [0, 0.05) is 30.7 Å². The van der Waals surface area contributed by atoms with E-state index in [0.717, 1.165) is 11.1 Å². The molecule has 3 rings (SSSR count). The number of nitrogens with zero attached hydrogens (tertiary/aromatic N) is 2. The first kappa shape index (κ1) is 16.5. The van der Waals surface area contributed by atoms with Crippen LogP contribution in [0, 0.1) is 0 Å². The second kappa shape index (κ2) is 7.04. The van der Waals surface area contributed by atoms with Crippen molar-refractivity contribution in [2.75, 3.05) is 19.0 Å². The summed E-state index contributed by atoms with van der Waals surface area (Å²) in [5, 5.41) is 4.68. The molecule has 0 aliphatic rings. The Labute approximate surface area is 144 Å². The lowest BCUT2D eigenvalue weighted by Crippen LogP contribution is -2.42. The zero-order valence-electron chi connectivity index (χ0n) is 13.9. The molecule has 2 aromatic carbocycles. The van der Waals surface area contributed by atoms with E-state index in [0.29, 0.717) is 16.8 Å². The number of carbonyl (C=O) groups excluding carboxylic acids is 2. The molecule has 0 aliphatic heterocycles. The maximum Gasteiger partial charge on any atom is 0.269 e. The maximum atomic E-state index is 12.2. The smallest absolute Gasteiger partial charge is 0.269 e. The summed E-state index contributed by atoms with van der Waals surface area (Å²) in [6.07, 6.45) is 0.00896. The van der Waals surface area contributed by atoms with Gasteiger partial charge in [0.15, 0.2) is 5.58 Å². The van der Waals surface area contributed by atoms with Gasteiger partial charge in [0.25, 0.3) is 5.91 Å². The normalized spacial score (nSPS) is 10.5. The number of fused-ring (bicyclic) bond motifs is 1. The van der Waals surface area contributed by atoms with E-state index in [1.54, 1.807) is 24.3 Å². The van der Waals surface area contributed by atoms with Crippen molar-refractivity contribution in [1.29, 1.82) is 0 Å². The molecule has 0 fully saturated rings. The molecule has 3 aromatic rings. The van der Waals surface area contributed by atoms with E-state index in [2.05, 4.69) is 16.0 Å². The number of carbonyl (C=O) groups is 2. The second-order valence-electron chi connectivity index (χ2n) is 5.75. The monoisotopic (exact) mass is 338 g/mol. The van der Waals surface area contributed by atoms with Crippen molar-refractivity contribution in [1.82, 2.24) is 16.0 Å². The van der Waals surface area contributed by atoms with Gasteiger partial charge in [0.2, 0.25) is 5.91 Å². The van der Waals surface area contributed by atoms with Crippen LogP contribution in [0.1, 0.15) is 16.1 Å². The topological polar surface area (TPSA) is 87.5 Å². The van der Waals surface area contributed by atoms with Gasteiger partial charge in [0.1, 0.15) is 5.69 Å². The third-order valence-corrected chi connectivity index (χ3v) is 3.72. The molecule has 0 bridgehead atoms. The summed E-state index contributed by atoms with van der Waals surface area (Å²) >= 11 is 0. The zero-order chi connectivity index (χ0) is 17.8. The molecule has 0 atom stereocenters. The number of para-hydroxylation sites is 1. The standard InChI is InChI=1S/C18H18N4O3/c1-22(2)13-7-5-6-12(10-13)18(24)20-19-17(23)11-15-14-8-3-4-9-16(14)25-21-15/h3-10H,11H2,1-2H3,(H,19,23)(H,20,24). The van der Waals surface area contributed by atoms with Crippen LogP contribution in [-0.2, 0) is 11.2 Å². The van der Waals surface area contributed by atoms with Crippen LogP contribution in [0.2, 0.25) is 0 Å². The SMILES string of the molecule is CN(C)c1cccc(C(=O)NNC(=O)Cc2noc3ccccc23)c1. The first-order valence-electron chi connectivity index (χ1n) is 7.74. The summed E-state index contributed by atoms with van der Waals surface area (Å²) in [5.74, 6) is -0.766. The third kappa shape index (κ3) is 3.77. The summed E-state index contributed by atoms with van der Waals surface area (Å²) < 4.78 is 5.16. The fraction of sp³-hybridized carbons (Fsp3) is 0.167. The summed E-state index contributed by atoms with van der Waals surface area (Å²) in [7, 11) is 3.78. The molecule has 7 nitrogen and oxygen atoms in total. The minimum Gasteiger partial charge on any atom is -0.378 e. The van der Waals surface area contributed by atoms with Crippen LogP contribution in [0.15, 0.2) is 53.1 Å². The van der Waals surface area contributed by atoms with Gasteiger partial charge in [0.05, 0.1) is 6.42 Å². The third-order valence-electron chi connectivity index (χ3n) is 3.72. The Kier molecular flexibility index (Phi) is 4.65. The predicted molar refractivity (Wildman–Crippen MR) is 94.1 cm³/mol. The van der Waals surface area contributed by atoms with Gasteiger partial charge < -0.3 is 9.42 Å². The van der Waals surface area contributed by atoms with Crippen molar-refractivity contribution in [3.63, 3.8) is 0 Å². The Morgan fingerprint density at radius 2 is 1.88 bits per heavy atom. The molecule has 0 saturated carbocycles. The van der Waals surface area contributed by atoms with Crippen molar-refractivity contribution in [2.24, 2.45) is 0 Å². The first-order chi connectivity index (χ1) is 12.0. The number of hydrogen-bond donors (Lipinski definition) is 2. The number of rotatable bonds is 4. The largest absolute Gasteiger partial charge is 0.378 e. The molecule has 2 amide bonds. The Hall–Kier alpha value is -3.35. The lowest BCUT2D eigenvalue weighted by Gasteiger charge is -2.13. The van der Waals surface area contributed by atoms with Crippen molar-refractivity contribution in [3.05, 3.63) is 59.8 Å². The minimum absolute atomic E-state index is 0.00896. The number of aromatic nitrogens is 1. The highest BCUT2D eigenvalue weighted by molar-refractivity contribution is 5.96. The van der Waals surface area contributed by atoms with Gasteiger partial charge in [-0.1, -0.05) is 23.4 Å². The molecule has 25 heavy (non-hydrogen) atoms. The quantitative estimate of drug-likeness (QED) is 0.710. The van der Waals surface area contributed by atoms with Gasteiger partial charge in [-0.15, -0.1) is 0 Å². The Balaban J connectivity index is 1.60. The van der Waals surface area contributed by atoms with E-state index in [1.165, 1.54) is 0 Å². The van der Waals surface area contributed by atoms with Crippen molar-refractivity contribution < 1.29 is 14.1 Å². The molecule has 2 N–H and O–H groups in total. The van der Waals surface area contributed by atoms with Crippen LogP contribution in [0.5, 0.6) is 0 Å². The summed E-state index contributed by atoms with van der Waals surface area (Å²) in [6, 6.07) is 14.4. The molecule has 0 unspecified atom stereocenters.